The number of thiophene rings is 1. The van der Waals surface area contributed by atoms with Gasteiger partial charge in [0.1, 0.15) is 10.6 Å². The molecule has 1 saturated carbocycles. The molecule has 4 aromatic rings. The smallest absolute Gasteiger partial charge is 0.199 e. The van der Waals surface area contributed by atoms with Crippen LogP contribution in [0.5, 0.6) is 0 Å². The number of rotatable bonds is 5. The summed E-state index contributed by atoms with van der Waals surface area (Å²) >= 11 is 1.65. The van der Waals surface area contributed by atoms with Crippen LogP contribution in [0.25, 0.3) is 33.0 Å². The third-order valence-corrected chi connectivity index (χ3v) is 6.18. The Kier molecular flexibility index (Phi) is 4.33. The number of methoxy groups -OCH3 is 1. The van der Waals surface area contributed by atoms with E-state index in [2.05, 4.69) is 39.9 Å². The lowest BCUT2D eigenvalue weighted by atomic mass is 9.89. The summed E-state index contributed by atoms with van der Waals surface area (Å²) in [6, 6.07) is 10.8. The van der Waals surface area contributed by atoms with Gasteiger partial charge in [0.15, 0.2) is 11.6 Å². The molecule has 28 heavy (non-hydrogen) atoms. The highest BCUT2D eigenvalue weighted by Gasteiger charge is 2.30. The molecule has 0 saturated heterocycles. The van der Waals surface area contributed by atoms with Gasteiger partial charge in [0, 0.05) is 43.5 Å². The van der Waals surface area contributed by atoms with E-state index in [1.165, 1.54) is 5.56 Å². The van der Waals surface area contributed by atoms with Crippen molar-refractivity contribution in [2.45, 2.75) is 25.0 Å². The largest absolute Gasteiger partial charge is 0.381 e. The number of anilines is 1. The van der Waals surface area contributed by atoms with E-state index in [9.17, 15) is 0 Å². The fourth-order valence-electron chi connectivity index (χ4n) is 3.63. The molecule has 7 heteroatoms. The molecule has 3 aromatic heterocycles. The van der Waals surface area contributed by atoms with Crippen molar-refractivity contribution in [1.82, 2.24) is 19.5 Å². The molecule has 0 bridgehead atoms. The Balaban J connectivity index is 1.63. The van der Waals surface area contributed by atoms with Crippen molar-refractivity contribution in [1.29, 1.82) is 0 Å². The van der Waals surface area contributed by atoms with Crippen molar-refractivity contribution in [2.24, 2.45) is 7.05 Å². The van der Waals surface area contributed by atoms with Gasteiger partial charge in [-0.1, -0.05) is 30.3 Å². The maximum Gasteiger partial charge on any atom is 0.199 e. The average molecular weight is 392 g/mol. The van der Waals surface area contributed by atoms with Gasteiger partial charge in [0.25, 0.3) is 0 Å². The Morgan fingerprint density at radius 1 is 1.18 bits per heavy atom. The van der Waals surface area contributed by atoms with Crippen LogP contribution in [0.4, 0.5) is 5.82 Å². The molecule has 5 rings (SSSR count). The van der Waals surface area contributed by atoms with E-state index in [1.54, 1.807) is 24.6 Å². The maximum atomic E-state index is 5.43. The Bertz CT molecular complexity index is 1110. The first kappa shape index (κ1) is 17.3. The molecule has 1 aliphatic rings. The van der Waals surface area contributed by atoms with Crippen LogP contribution in [0.1, 0.15) is 12.8 Å². The first-order valence-electron chi connectivity index (χ1n) is 9.34. The molecule has 142 valence electrons. The zero-order valence-electron chi connectivity index (χ0n) is 15.8. The second-order valence-electron chi connectivity index (χ2n) is 7.12. The molecule has 1 N–H and O–H groups in total. The summed E-state index contributed by atoms with van der Waals surface area (Å²) < 4.78 is 7.38. The zero-order valence-corrected chi connectivity index (χ0v) is 16.6. The van der Waals surface area contributed by atoms with Gasteiger partial charge >= 0.3 is 0 Å². The van der Waals surface area contributed by atoms with Crippen molar-refractivity contribution >= 4 is 27.4 Å². The topological polar surface area (TPSA) is 64.9 Å². The van der Waals surface area contributed by atoms with E-state index in [0.29, 0.717) is 18.0 Å². The first-order valence-corrected chi connectivity index (χ1v) is 10.2. The van der Waals surface area contributed by atoms with E-state index in [1.807, 2.05) is 23.9 Å². The van der Waals surface area contributed by atoms with Gasteiger partial charge in [-0.25, -0.2) is 15.0 Å². The Labute approximate surface area is 167 Å². The summed E-state index contributed by atoms with van der Waals surface area (Å²) in [6.07, 6.45) is 6.00. The fraction of sp³-hybridized carbons (Fsp3) is 0.286. The van der Waals surface area contributed by atoms with E-state index in [4.69, 9.17) is 14.7 Å². The molecule has 6 nitrogen and oxygen atoms in total. The molecule has 0 atom stereocenters. The highest BCUT2D eigenvalue weighted by Crippen LogP contribution is 2.39. The lowest BCUT2D eigenvalue weighted by molar-refractivity contribution is 0.0328. The number of hydrogen-bond acceptors (Lipinski definition) is 6. The molecule has 1 aliphatic carbocycles. The number of ether oxygens (including phenoxy) is 1. The molecular formula is C21H21N5OS. The van der Waals surface area contributed by atoms with Gasteiger partial charge < -0.3 is 14.6 Å². The molecule has 3 heterocycles. The Morgan fingerprint density at radius 2 is 2.00 bits per heavy atom. The van der Waals surface area contributed by atoms with Crippen LogP contribution in [0.2, 0.25) is 0 Å². The number of fused-ring (bicyclic) bond motifs is 1. The van der Waals surface area contributed by atoms with Crippen LogP contribution in [-0.4, -0.2) is 38.8 Å². The number of imidazole rings is 1. The van der Waals surface area contributed by atoms with Gasteiger partial charge in [-0.05, 0) is 18.4 Å². The SMILES string of the molecule is COC1CC(Nc2nc(-c3nccn3C)nc3scc(-c4ccccc4)c23)C1. The van der Waals surface area contributed by atoms with Crippen molar-refractivity contribution in [3.8, 4) is 22.8 Å². The minimum Gasteiger partial charge on any atom is -0.381 e. The van der Waals surface area contributed by atoms with E-state index >= 15 is 0 Å². The van der Waals surface area contributed by atoms with Crippen LogP contribution in [-0.2, 0) is 11.8 Å². The molecule has 0 unspecified atom stereocenters. The maximum absolute atomic E-state index is 5.43. The molecular weight excluding hydrogens is 370 g/mol. The van der Waals surface area contributed by atoms with Crippen LogP contribution in [0.15, 0.2) is 48.1 Å². The second-order valence-corrected chi connectivity index (χ2v) is 7.98. The number of hydrogen-bond donors (Lipinski definition) is 1. The fourth-order valence-corrected chi connectivity index (χ4v) is 4.57. The van der Waals surface area contributed by atoms with Gasteiger partial charge in [0.05, 0.1) is 11.5 Å². The van der Waals surface area contributed by atoms with Crippen molar-refractivity contribution in [3.05, 3.63) is 48.1 Å². The predicted molar refractivity (Wildman–Crippen MR) is 112 cm³/mol. The average Bonchev–Trinajstić information content (AvgIpc) is 3.31. The van der Waals surface area contributed by atoms with Crippen LogP contribution in [0.3, 0.4) is 0 Å². The molecule has 0 spiro atoms. The summed E-state index contributed by atoms with van der Waals surface area (Å²) in [4.78, 5) is 15.1. The Morgan fingerprint density at radius 3 is 2.71 bits per heavy atom. The molecule has 0 aliphatic heterocycles. The van der Waals surface area contributed by atoms with Gasteiger partial charge in [-0.2, -0.15) is 0 Å². The van der Waals surface area contributed by atoms with E-state index in [0.717, 1.165) is 40.3 Å². The van der Waals surface area contributed by atoms with Crippen molar-refractivity contribution in [2.75, 3.05) is 12.4 Å². The lowest BCUT2D eigenvalue weighted by Crippen LogP contribution is -2.40. The number of benzene rings is 1. The van der Waals surface area contributed by atoms with Crippen molar-refractivity contribution in [3.63, 3.8) is 0 Å². The molecule has 0 radical (unpaired) electrons. The molecule has 1 aromatic carbocycles. The highest BCUT2D eigenvalue weighted by atomic mass is 32.1. The van der Waals surface area contributed by atoms with Crippen molar-refractivity contribution < 1.29 is 4.74 Å². The number of nitrogens with one attached hydrogen (secondary N) is 1. The third kappa shape index (κ3) is 2.96. The number of nitrogens with zero attached hydrogens (tertiary/aromatic N) is 4. The number of aryl methyl sites for hydroxylation is 1. The summed E-state index contributed by atoms with van der Waals surface area (Å²) in [5.41, 5.74) is 2.34. The quantitative estimate of drug-likeness (QED) is 0.548. The summed E-state index contributed by atoms with van der Waals surface area (Å²) in [5, 5.41) is 6.89. The van der Waals surface area contributed by atoms with Crippen LogP contribution >= 0.6 is 11.3 Å². The van der Waals surface area contributed by atoms with E-state index < -0.39 is 0 Å². The molecule has 0 amide bonds. The molecule has 1 fully saturated rings. The van der Waals surface area contributed by atoms with Gasteiger partial charge in [-0.3, -0.25) is 0 Å². The monoisotopic (exact) mass is 391 g/mol. The highest BCUT2D eigenvalue weighted by molar-refractivity contribution is 7.17. The zero-order chi connectivity index (χ0) is 19.1. The summed E-state index contributed by atoms with van der Waals surface area (Å²) in [6.45, 7) is 0. The van der Waals surface area contributed by atoms with Gasteiger partial charge in [0.2, 0.25) is 0 Å². The minimum absolute atomic E-state index is 0.333. The predicted octanol–water partition coefficient (Wildman–Crippen LogP) is 4.35. The number of aromatic nitrogens is 4. The first-order chi connectivity index (χ1) is 13.7. The Hall–Kier alpha value is -2.77. The van der Waals surface area contributed by atoms with E-state index in [-0.39, 0.29) is 0 Å². The van der Waals surface area contributed by atoms with Crippen LogP contribution in [0, 0.1) is 0 Å². The van der Waals surface area contributed by atoms with Crippen LogP contribution < -0.4 is 5.32 Å². The summed E-state index contributed by atoms with van der Waals surface area (Å²) in [7, 11) is 3.73. The normalized spacial score (nSPS) is 18.9. The standard InChI is InChI=1S/C21H21N5OS/c1-26-9-8-22-20(26)19-24-18(23-14-10-15(11-14)27-2)17-16(12-28-21(17)25-19)13-6-4-3-5-7-13/h3-9,12,14-15H,10-11H2,1-2H3,(H,23,24,25). The second kappa shape index (κ2) is 7.00. The lowest BCUT2D eigenvalue weighted by Gasteiger charge is -2.35. The third-order valence-electron chi connectivity index (χ3n) is 5.31. The minimum atomic E-state index is 0.333. The van der Waals surface area contributed by atoms with Gasteiger partial charge in [-0.15, -0.1) is 11.3 Å². The summed E-state index contributed by atoms with van der Waals surface area (Å²) in [5.74, 6) is 2.29.